The summed E-state index contributed by atoms with van der Waals surface area (Å²) in [6, 6.07) is 0.742. The van der Waals surface area contributed by atoms with Gasteiger partial charge in [-0.25, -0.2) is 0 Å². The fourth-order valence-corrected chi connectivity index (χ4v) is 3.06. The van der Waals surface area contributed by atoms with E-state index >= 15 is 0 Å². The molecule has 0 spiro atoms. The summed E-state index contributed by atoms with van der Waals surface area (Å²) in [6.07, 6.45) is 5.55. The number of thioether (sulfide) groups is 1. The van der Waals surface area contributed by atoms with E-state index in [9.17, 15) is 0 Å². The topological polar surface area (TPSA) is 21.3 Å². The molecular weight excluding hydrogens is 218 g/mol. The molecule has 1 aliphatic rings. The molecule has 0 aromatic rings. The number of methoxy groups -OCH3 is 1. The third-order valence-corrected chi connectivity index (χ3v) is 4.53. The zero-order valence-electron chi connectivity index (χ0n) is 11.0. The molecule has 0 atom stereocenters. The molecule has 0 amide bonds. The van der Waals surface area contributed by atoms with Gasteiger partial charge in [-0.2, -0.15) is 11.8 Å². The van der Waals surface area contributed by atoms with Gasteiger partial charge in [0.05, 0.1) is 6.10 Å². The Balaban J connectivity index is 1.94. The molecule has 0 aliphatic heterocycles. The van der Waals surface area contributed by atoms with Gasteiger partial charge in [-0.1, -0.05) is 13.8 Å². The highest BCUT2D eigenvalue weighted by molar-refractivity contribution is 7.99. The summed E-state index contributed by atoms with van der Waals surface area (Å²) in [6.45, 7) is 5.73. The first-order valence-electron chi connectivity index (χ1n) is 6.56. The van der Waals surface area contributed by atoms with E-state index in [2.05, 4.69) is 30.9 Å². The van der Waals surface area contributed by atoms with E-state index in [1.165, 1.54) is 43.7 Å². The molecular formula is C13H27NOS. The summed E-state index contributed by atoms with van der Waals surface area (Å²) in [5, 5.41) is 3.66. The Bertz CT molecular complexity index is 167. The maximum absolute atomic E-state index is 5.38. The van der Waals surface area contributed by atoms with Gasteiger partial charge in [0, 0.05) is 25.4 Å². The van der Waals surface area contributed by atoms with Crippen molar-refractivity contribution in [3.63, 3.8) is 0 Å². The van der Waals surface area contributed by atoms with Gasteiger partial charge in [-0.05, 0) is 37.4 Å². The van der Waals surface area contributed by atoms with Gasteiger partial charge in [-0.3, -0.25) is 0 Å². The molecule has 1 fully saturated rings. The molecule has 0 unspecified atom stereocenters. The first-order chi connectivity index (χ1) is 7.72. The molecule has 0 bridgehead atoms. The maximum atomic E-state index is 5.38. The van der Waals surface area contributed by atoms with Crippen molar-refractivity contribution in [2.24, 2.45) is 5.92 Å². The lowest BCUT2D eigenvalue weighted by atomic mass is 9.93. The summed E-state index contributed by atoms with van der Waals surface area (Å²) in [4.78, 5) is 0. The largest absolute Gasteiger partial charge is 0.381 e. The van der Waals surface area contributed by atoms with E-state index in [-0.39, 0.29) is 0 Å². The van der Waals surface area contributed by atoms with E-state index in [1.807, 2.05) is 7.11 Å². The van der Waals surface area contributed by atoms with Crippen LogP contribution < -0.4 is 5.32 Å². The molecule has 1 saturated carbocycles. The van der Waals surface area contributed by atoms with Gasteiger partial charge in [0.25, 0.3) is 0 Å². The van der Waals surface area contributed by atoms with Gasteiger partial charge >= 0.3 is 0 Å². The lowest BCUT2D eigenvalue weighted by Crippen LogP contribution is -2.36. The van der Waals surface area contributed by atoms with Crippen LogP contribution in [0.4, 0.5) is 0 Å². The van der Waals surface area contributed by atoms with Crippen LogP contribution in [0.3, 0.4) is 0 Å². The summed E-state index contributed by atoms with van der Waals surface area (Å²) in [5.74, 6) is 3.36. The lowest BCUT2D eigenvalue weighted by Gasteiger charge is -2.28. The SMILES string of the molecule is COC1CCC(NCCSCC(C)C)CC1. The van der Waals surface area contributed by atoms with Crippen LogP contribution >= 0.6 is 11.8 Å². The fourth-order valence-electron chi connectivity index (χ4n) is 2.16. The first kappa shape index (κ1) is 14.3. The molecule has 0 saturated heterocycles. The molecule has 1 aliphatic carbocycles. The highest BCUT2D eigenvalue weighted by atomic mass is 32.2. The highest BCUT2D eigenvalue weighted by Crippen LogP contribution is 2.20. The molecule has 3 heteroatoms. The second kappa shape index (κ2) is 8.37. The van der Waals surface area contributed by atoms with E-state index in [0.29, 0.717) is 6.10 Å². The third-order valence-electron chi connectivity index (χ3n) is 3.14. The van der Waals surface area contributed by atoms with Crippen molar-refractivity contribution in [3.8, 4) is 0 Å². The standard InChI is InChI=1S/C13H27NOS/c1-11(2)10-16-9-8-14-12-4-6-13(15-3)7-5-12/h11-14H,4-10H2,1-3H3. The minimum atomic E-state index is 0.522. The van der Waals surface area contributed by atoms with Crippen molar-refractivity contribution in [2.75, 3.05) is 25.2 Å². The van der Waals surface area contributed by atoms with Crippen molar-refractivity contribution in [3.05, 3.63) is 0 Å². The maximum Gasteiger partial charge on any atom is 0.0572 e. The molecule has 2 nitrogen and oxygen atoms in total. The van der Waals surface area contributed by atoms with Crippen molar-refractivity contribution in [1.82, 2.24) is 5.32 Å². The lowest BCUT2D eigenvalue weighted by molar-refractivity contribution is 0.0628. The summed E-state index contributed by atoms with van der Waals surface area (Å²) >= 11 is 2.07. The smallest absolute Gasteiger partial charge is 0.0572 e. The van der Waals surface area contributed by atoms with Crippen LogP contribution in [-0.4, -0.2) is 37.3 Å². The first-order valence-corrected chi connectivity index (χ1v) is 7.71. The molecule has 0 heterocycles. The molecule has 96 valence electrons. The number of rotatable bonds is 7. The van der Waals surface area contributed by atoms with Crippen LogP contribution in [0, 0.1) is 5.92 Å². The second-order valence-corrected chi connectivity index (χ2v) is 6.28. The summed E-state index contributed by atoms with van der Waals surface area (Å²) in [5.41, 5.74) is 0. The predicted molar refractivity (Wildman–Crippen MR) is 73.2 cm³/mol. The van der Waals surface area contributed by atoms with Crippen LogP contribution in [0.25, 0.3) is 0 Å². The van der Waals surface area contributed by atoms with Crippen molar-refractivity contribution < 1.29 is 4.74 Å². The molecule has 0 aromatic carbocycles. The van der Waals surface area contributed by atoms with Crippen LogP contribution in [0.2, 0.25) is 0 Å². The zero-order valence-corrected chi connectivity index (χ0v) is 11.8. The number of nitrogens with one attached hydrogen (secondary N) is 1. The van der Waals surface area contributed by atoms with E-state index in [4.69, 9.17) is 4.74 Å². The Morgan fingerprint density at radius 3 is 2.50 bits per heavy atom. The van der Waals surface area contributed by atoms with Gasteiger partial charge in [0.1, 0.15) is 0 Å². The predicted octanol–water partition coefficient (Wildman–Crippen LogP) is 2.92. The normalized spacial score (nSPS) is 26.2. The van der Waals surface area contributed by atoms with E-state index < -0.39 is 0 Å². The average molecular weight is 245 g/mol. The van der Waals surface area contributed by atoms with Gasteiger partial charge in [0.15, 0.2) is 0 Å². The molecule has 1 N–H and O–H groups in total. The van der Waals surface area contributed by atoms with Crippen LogP contribution in [0.5, 0.6) is 0 Å². The highest BCUT2D eigenvalue weighted by Gasteiger charge is 2.19. The van der Waals surface area contributed by atoms with E-state index in [1.54, 1.807) is 0 Å². The molecule has 0 radical (unpaired) electrons. The Labute approximate surface area is 105 Å². The summed E-state index contributed by atoms with van der Waals surface area (Å²) < 4.78 is 5.38. The Morgan fingerprint density at radius 1 is 1.25 bits per heavy atom. The Kier molecular flexibility index (Phi) is 7.50. The van der Waals surface area contributed by atoms with Crippen molar-refractivity contribution >= 4 is 11.8 Å². The quantitative estimate of drug-likeness (QED) is 0.697. The van der Waals surface area contributed by atoms with E-state index in [0.717, 1.165) is 12.0 Å². The van der Waals surface area contributed by atoms with Gasteiger partial charge in [-0.15, -0.1) is 0 Å². The minimum Gasteiger partial charge on any atom is -0.381 e. The van der Waals surface area contributed by atoms with Crippen LogP contribution in [0.15, 0.2) is 0 Å². The monoisotopic (exact) mass is 245 g/mol. The summed E-state index contributed by atoms with van der Waals surface area (Å²) in [7, 11) is 1.83. The van der Waals surface area contributed by atoms with Gasteiger partial charge < -0.3 is 10.1 Å². The minimum absolute atomic E-state index is 0.522. The Morgan fingerprint density at radius 2 is 1.94 bits per heavy atom. The van der Waals surface area contributed by atoms with Crippen molar-refractivity contribution in [1.29, 1.82) is 0 Å². The Hall–Kier alpha value is 0.270. The number of ether oxygens (including phenoxy) is 1. The molecule has 1 rings (SSSR count). The number of hydrogen-bond donors (Lipinski definition) is 1. The number of hydrogen-bond acceptors (Lipinski definition) is 3. The second-order valence-electron chi connectivity index (χ2n) is 5.13. The molecule has 16 heavy (non-hydrogen) atoms. The van der Waals surface area contributed by atoms with Gasteiger partial charge in [0.2, 0.25) is 0 Å². The van der Waals surface area contributed by atoms with Crippen LogP contribution in [-0.2, 0) is 4.74 Å². The zero-order chi connectivity index (χ0) is 11.8. The molecule has 0 aromatic heterocycles. The van der Waals surface area contributed by atoms with Crippen LogP contribution in [0.1, 0.15) is 39.5 Å². The third kappa shape index (κ3) is 6.12. The average Bonchev–Trinajstić information content (AvgIpc) is 2.29. The van der Waals surface area contributed by atoms with Crippen molar-refractivity contribution in [2.45, 2.75) is 51.7 Å². The fraction of sp³-hybridized carbons (Fsp3) is 1.00.